The molecule has 1 aliphatic rings. The Balaban J connectivity index is 1.46. The normalized spacial score (nSPS) is 14.9. The van der Waals surface area contributed by atoms with Crippen LogP contribution in [-0.4, -0.2) is 62.9 Å². The fraction of sp³-hybridized carbons (Fsp3) is 0.409. The molecule has 1 amide bonds. The van der Waals surface area contributed by atoms with Gasteiger partial charge in [-0.2, -0.15) is 4.31 Å². The van der Waals surface area contributed by atoms with Gasteiger partial charge in [0.05, 0.1) is 18.1 Å². The molecule has 0 saturated carbocycles. The molecule has 0 unspecified atom stereocenters. The van der Waals surface area contributed by atoms with Crippen LogP contribution >= 0.6 is 0 Å². The van der Waals surface area contributed by atoms with Crippen LogP contribution in [-0.2, 0) is 14.8 Å². The minimum Gasteiger partial charge on any atom is -0.490 e. The molecule has 1 heterocycles. The first-order valence-electron chi connectivity index (χ1n) is 10.4. The predicted molar refractivity (Wildman–Crippen MR) is 114 cm³/mol. The summed E-state index contributed by atoms with van der Waals surface area (Å²) in [7, 11) is -3.95. The molecule has 2 aromatic rings. The highest BCUT2D eigenvalue weighted by molar-refractivity contribution is 7.89. The molecule has 0 spiro atoms. The highest BCUT2D eigenvalue weighted by Gasteiger charge is 2.30. The van der Waals surface area contributed by atoms with Gasteiger partial charge in [0.2, 0.25) is 15.9 Å². The lowest BCUT2D eigenvalue weighted by Gasteiger charge is -2.34. The molecule has 0 radical (unpaired) electrons. The van der Waals surface area contributed by atoms with Crippen molar-refractivity contribution in [1.82, 2.24) is 9.21 Å². The number of hydrogen-bond donors (Lipinski definition) is 0. The van der Waals surface area contributed by atoms with Crippen LogP contribution in [0.25, 0.3) is 0 Å². The molecular formula is C22H26F2N2O5S. The molecule has 0 aliphatic carbocycles. The van der Waals surface area contributed by atoms with E-state index in [4.69, 9.17) is 9.47 Å². The molecule has 0 bridgehead atoms. The smallest absolute Gasteiger partial charge is 0.243 e. The Morgan fingerprint density at radius 2 is 1.62 bits per heavy atom. The maximum Gasteiger partial charge on any atom is 0.243 e. The molecule has 1 saturated heterocycles. The lowest BCUT2D eigenvalue weighted by atomic mass is 10.2. The number of hydrogen-bond acceptors (Lipinski definition) is 5. The van der Waals surface area contributed by atoms with Gasteiger partial charge < -0.3 is 14.4 Å². The second-order valence-electron chi connectivity index (χ2n) is 7.19. The standard InChI is InChI=1S/C22H26F2N2O5S/c1-2-30-20-6-3-4-7-21(20)31-15-5-8-22(27)25-11-13-26(14-12-25)32(28,29)17-9-10-18(23)19(24)16-17/h3-4,6-7,9-10,16H,2,5,8,11-15H2,1H3. The van der Waals surface area contributed by atoms with E-state index in [2.05, 4.69) is 0 Å². The number of piperazine rings is 1. The van der Waals surface area contributed by atoms with E-state index in [1.807, 2.05) is 25.1 Å². The van der Waals surface area contributed by atoms with Crippen molar-refractivity contribution in [3.8, 4) is 11.5 Å². The van der Waals surface area contributed by atoms with Gasteiger partial charge in [-0.15, -0.1) is 0 Å². The maximum atomic E-state index is 13.4. The lowest BCUT2D eigenvalue weighted by molar-refractivity contribution is -0.132. The van der Waals surface area contributed by atoms with Crippen LogP contribution in [0.2, 0.25) is 0 Å². The van der Waals surface area contributed by atoms with Crippen molar-refractivity contribution in [3.63, 3.8) is 0 Å². The summed E-state index contributed by atoms with van der Waals surface area (Å²) in [5.41, 5.74) is 0. The summed E-state index contributed by atoms with van der Waals surface area (Å²) in [4.78, 5) is 13.8. The monoisotopic (exact) mass is 468 g/mol. The van der Waals surface area contributed by atoms with Crippen molar-refractivity contribution in [3.05, 3.63) is 54.1 Å². The van der Waals surface area contributed by atoms with Gasteiger partial charge in [-0.05, 0) is 43.7 Å². The van der Waals surface area contributed by atoms with Gasteiger partial charge in [-0.3, -0.25) is 4.79 Å². The first-order chi connectivity index (χ1) is 15.3. The number of halogens is 2. The Hall–Kier alpha value is -2.72. The SMILES string of the molecule is CCOc1ccccc1OCCCC(=O)N1CCN(S(=O)(=O)c2ccc(F)c(F)c2)CC1. The molecule has 3 rings (SSSR count). The summed E-state index contributed by atoms with van der Waals surface area (Å²) in [6, 6.07) is 9.82. The molecule has 0 N–H and O–H groups in total. The number of nitrogens with zero attached hydrogens (tertiary/aromatic N) is 2. The molecule has 174 valence electrons. The quantitative estimate of drug-likeness (QED) is 0.529. The van der Waals surface area contributed by atoms with Gasteiger partial charge in [-0.25, -0.2) is 17.2 Å². The highest BCUT2D eigenvalue weighted by Crippen LogP contribution is 2.26. The first kappa shape index (κ1) is 23.9. The minimum absolute atomic E-state index is 0.0865. The highest BCUT2D eigenvalue weighted by atomic mass is 32.2. The van der Waals surface area contributed by atoms with Crippen LogP contribution < -0.4 is 9.47 Å². The van der Waals surface area contributed by atoms with Crippen LogP contribution in [0.4, 0.5) is 8.78 Å². The Labute approximate surface area is 186 Å². The zero-order valence-corrected chi connectivity index (χ0v) is 18.6. The van der Waals surface area contributed by atoms with E-state index in [9.17, 15) is 22.0 Å². The van der Waals surface area contributed by atoms with Crippen molar-refractivity contribution < 1.29 is 31.5 Å². The van der Waals surface area contributed by atoms with Crippen molar-refractivity contribution in [2.45, 2.75) is 24.7 Å². The van der Waals surface area contributed by atoms with Gasteiger partial charge in [-0.1, -0.05) is 12.1 Å². The van der Waals surface area contributed by atoms with Crippen molar-refractivity contribution >= 4 is 15.9 Å². The van der Waals surface area contributed by atoms with Gasteiger partial charge in [0.25, 0.3) is 0 Å². The molecule has 32 heavy (non-hydrogen) atoms. The lowest BCUT2D eigenvalue weighted by Crippen LogP contribution is -2.50. The van der Waals surface area contributed by atoms with Crippen molar-refractivity contribution in [1.29, 1.82) is 0 Å². The second kappa shape index (κ2) is 10.7. The zero-order chi connectivity index (χ0) is 23.1. The second-order valence-corrected chi connectivity index (χ2v) is 9.13. The minimum atomic E-state index is -3.95. The first-order valence-corrected chi connectivity index (χ1v) is 11.8. The van der Waals surface area contributed by atoms with E-state index in [1.165, 1.54) is 4.31 Å². The van der Waals surface area contributed by atoms with Gasteiger partial charge in [0, 0.05) is 32.6 Å². The van der Waals surface area contributed by atoms with Crippen molar-refractivity contribution in [2.24, 2.45) is 0 Å². The fourth-order valence-corrected chi connectivity index (χ4v) is 4.81. The number of amides is 1. The van der Waals surface area contributed by atoms with Crippen LogP contribution in [0.5, 0.6) is 11.5 Å². The average Bonchev–Trinajstić information content (AvgIpc) is 2.79. The summed E-state index contributed by atoms with van der Waals surface area (Å²) in [5, 5.41) is 0. The summed E-state index contributed by atoms with van der Waals surface area (Å²) in [6.07, 6.45) is 0.777. The molecule has 1 fully saturated rings. The number of para-hydroxylation sites is 2. The van der Waals surface area contributed by atoms with Crippen LogP contribution in [0.1, 0.15) is 19.8 Å². The third kappa shape index (κ3) is 5.74. The third-order valence-electron chi connectivity index (χ3n) is 5.06. The Morgan fingerprint density at radius 3 is 2.25 bits per heavy atom. The fourth-order valence-electron chi connectivity index (χ4n) is 3.37. The van der Waals surface area contributed by atoms with Gasteiger partial charge in [0.1, 0.15) is 0 Å². The molecular weight excluding hydrogens is 442 g/mol. The number of carbonyl (C=O) groups is 1. The Kier molecular flexibility index (Phi) is 8.03. The van der Waals surface area contributed by atoms with E-state index in [-0.39, 0.29) is 43.4 Å². The van der Waals surface area contributed by atoms with Crippen molar-refractivity contribution in [2.75, 3.05) is 39.4 Å². The van der Waals surface area contributed by atoms with Crippen LogP contribution in [0, 0.1) is 11.6 Å². The maximum absolute atomic E-state index is 13.4. The Morgan fingerprint density at radius 1 is 0.969 bits per heavy atom. The van der Waals surface area contributed by atoms with Gasteiger partial charge >= 0.3 is 0 Å². The molecule has 2 aromatic carbocycles. The summed E-state index contributed by atoms with van der Waals surface area (Å²) in [6.45, 7) is 3.40. The van der Waals surface area contributed by atoms with Crippen LogP contribution in [0.3, 0.4) is 0 Å². The van der Waals surface area contributed by atoms with E-state index in [0.29, 0.717) is 37.2 Å². The van der Waals surface area contributed by atoms with Gasteiger partial charge in [0.15, 0.2) is 23.1 Å². The molecule has 10 heteroatoms. The third-order valence-corrected chi connectivity index (χ3v) is 6.96. The largest absolute Gasteiger partial charge is 0.490 e. The molecule has 1 aliphatic heterocycles. The number of carbonyl (C=O) groups excluding carboxylic acids is 1. The average molecular weight is 469 g/mol. The topological polar surface area (TPSA) is 76.2 Å². The Bertz CT molecular complexity index is 1040. The molecule has 0 atom stereocenters. The summed E-state index contributed by atoms with van der Waals surface area (Å²) >= 11 is 0. The van der Waals surface area contributed by atoms with E-state index >= 15 is 0 Å². The molecule has 0 aromatic heterocycles. The molecule has 7 nitrogen and oxygen atoms in total. The summed E-state index contributed by atoms with van der Waals surface area (Å²) < 4.78 is 64.2. The number of benzene rings is 2. The number of ether oxygens (including phenoxy) is 2. The van der Waals surface area contributed by atoms with E-state index < -0.39 is 21.7 Å². The van der Waals surface area contributed by atoms with Crippen LogP contribution in [0.15, 0.2) is 47.4 Å². The zero-order valence-electron chi connectivity index (χ0n) is 17.8. The number of sulfonamides is 1. The summed E-state index contributed by atoms with van der Waals surface area (Å²) in [5.74, 6) is -1.13. The predicted octanol–water partition coefficient (Wildman–Crippen LogP) is 3.06. The van der Waals surface area contributed by atoms with E-state index in [0.717, 1.165) is 12.1 Å². The van der Waals surface area contributed by atoms with E-state index in [1.54, 1.807) is 11.0 Å². The number of rotatable bonds is 9.